The molecule has 2 rings (SSSR count). The summed E-state index contributed by atoms with van der Waals surface area (Å²) >= 11 is 3.53. The molecule has 19 heavy (non-hydrogen) atoms. The maximum Gasteiger partial charge on any atom is 0.125 e. The van der Waals surface area contributed by atoms with Crippen LogP contribution < -0.4 is 9.47 Å². The predicted molar refractivity (Wildman–Crippen MR) is 80.9 cm³/mol. The molecule has 0 spiro atoms. The lowest BCUT2D eigenvalue weighted by Gasteiger charge is -2.13. The molecule has 0 saturated carbocycles. The van der Waals surface area contributed by atoms with Gasteiger partial charge in [0.2, 0.25) is 0 Å². The van der Waals surface area contributed by atoms with Crippen molar-refractivity contribution in [3.63, 3.8) is 0 Å². The van der Waals surface area contributed by atoms with Gasteiger partial charge in [0.1, 0.15) is 18.1 Å². The van der Waals surface area contributed by atoms with Crippen molar-refractivity contribution in [2.24, 2.45) is 0 Å². The van der Waals surface area contributed by atoms with Crippen LogP contribution in [0, 0.1) is 13.8 Å². The van der Waals surface area contributed by atoms with E-state index >= 15 is 0 Å². The van der Waals surface area contributed by atoms with Crippen molar-refractivity contribution in [3.8, 4) is 11.5 Å². The minimum Gasteiger partial charge on any atom is -0.497 e. The monoisotopic (exact) mass is 320 g/mol. The topological polar surface area (TPSA) is 18.5 Å². The number of ether oxygens (including phenoxy) is 2. The highest BCUT2D eigenvalue weighted by molar-refractivity contribution is 9.10. The van der Waals surface area contributed by atoms with Crippen LogP contribution in [0.5, 0.6) is 11.5 Å². The Morgan fingerprint density at radius 2 is 1.74 bits per heavy atom. The van der Waals surface area contributed by atoms with Crippen LogP contribution in [-0.2, 0) is 6.61 Å². The van der Waals surface area contributed by atoms with Crippen LogP contribution in [0.1, 0.15) is 16.7 Å². The van der Waals surface area contributed by atoms with Gasteiger partial charge in [-0.25, -0.2) is 0 Å². The van der Waals surface area contributed by atoms with Gasteiger partial charge >= 0.3 is 0 Å². The Labute approximate surface area is 122 Å². The summed E-state index contributed by atoms with van der Waals surface area (Å²) in [5, 5.41) is 0. The summed E-state index contributed by atoms with van der Waals surface area (Å²) in [6.45, 7) is 4.63. The van der Waals surface area contributed by atoms with Crippen molar-refractivity contribution in [1.29, 1.82) is 0 Å². The maximum absolute atomic E-state index is 5.95. The van der Waals surface area contributed by atoms with Crippen LogP contribution in [0.15, 0.2) is 40.9 Å². The molecule has 0 radical (unpaired) electrons. The molecule has 0 fully saturated rings. The molecule has 0 heterocycles. The predicted octanol–water partition coefficient (Wildman–Crippen LogP) is 4.65. The Balaban J connectivity index is 2.19. The average Bonchev–Trinajstić information content (AvgIpc) is 2.40. The van der Waals surface area contributed by atoms with E-state index in [1.807, 2.05) is 24.3 Å². The Kier molecular flexibility index (Phi) is 4.48. The third-order valence-corrected chi connectivity index (χ3v) is 3.81. The second kappa shape index (κ2) is 6.11. The van der Waals surface area contributed by atoms with E-state index in [1.54, 1.807) is 7.11 Å². The Bertz CT molecular complexity index is 559. The third-order valence-electron chi connectivity index (χ3n) is 3.03. The van der Waals surface area contributed by atoms with Gasteiger partial charge in [-0.3, -0.25) is 0 Å². The number of para-hydroxylation sites is 1. The van der Waals surface area contributed by atoms with Crippen LogP contribution in [0.3, 0.4) is 0 Å². The third kappa shape index (κ3) is 3.29. The summed E-state index contributed by atoms with van der Waals surface area (Å²) in [6, 6.07) is 12.0. The van der Waals surface area contributed by atoms with Crippen LogP contribution in [0.25, 0.3) is 0 Å². The molecule has 2 nitrogen and oxygen atoms in total. The maximum atomic E-state index is 5.95. The molecule has 0 amide bonds. The first-order valence-corrected chi connectivity index (χ1v) is 6.92. The molecule has 0 bridgehead atoms. The standard InChI is InChI=1S/C16H17BrO2/c1-11-5-4-6-12(2)16(11)19-10-13-9-14(18-3)7-8-15(13)17/h4-9H,10H2,1-3H3. The van der Waals surface area contributed by atoms with E-state index in [-0.39, 0.29) is 0 Å². The normalized spacial score (nSPS) is 10.3. The van der Waals surface area contributed by atoms with Crippen molar-refractivity contribution in [1.82, 2.24) is 0 Å². The molecule has 0 aliphatic rings. The van der Waals surface area contributed by atoms with Crippen LogP contribution in [0.4, 0.5) is 0 Å². The van der Waals surface area contributed by atoms with E-state index in [0.717, 1.165) is 32.7 Å². The van der Waals surface area contributed by atoms with Crippen LogP contribution in [0.2, 0.25) is 0 Å². The van der Waals surface area contributed by atoms with E-state index in [9.17, 15) is 0 Å². The highest BCUT2D eigenvalue weighted by Crippen LogP contribution is 2.27. The number of benzene rings is 2. The van der Waals surface area contributed by atoms with Crippen LogP contribution in [-0.4, -0.2) is 7.11 Å². The Morgan fingerprint density at radius 3 is 2.37 bits per heavy atom. The molecule has 0 aromatic heterocycles. The van der Waals surface area contributed by atoms with Gasteiger partial charge in [-0.1, -0.05) is 34.1 Å². The van der Waals surface area contributed by atoms with E-state index in [0.29, 0.717) is 6.61 Å². The van der Waals surface area contributed by atoms with Crippen molar-refractivity contribution in [3.05, 3.63) is 57.6 Å². The summed E-state index contributed by atoms with van der Waals surface area (Å²) in [5.41, 5.74) is 3.38. The molecule has 0 N–H and O–H groups in total. The number of methoxy groups -OCH3 is 1. The van der Waals surface area contributed by atoms with Gasteiger partial charge in [-0.05, 0) is 43.2 Å². The van der Waals surface area contributed by atoms with Gasteiger partial charge in [-0.2, -0.15) is 0 Å². The van der Waals surface area contributed by atoms with Crippen molar-refractivity contribution < 1.29 is 9.47 Å². The molecule has 0 unspecified atom stereocenters. The van der Waals surface area contributed by atoms with E-state index in [1.165, 1.54) is 0 Å². The molecule has 100 valence electrons. The largest absolute Gasteiger partial charge is 0.497 e. The fourth-order valence-corrected chi connectivity index (χ4v) is 2.33. The Morgan fingerprint density at radius 1 is 1.05 bits per heavy atom. The zero-order chi connectivity index (χ0) is 13.8. The molecule has 0 atom stereocenters. The first-order chi connectivity index (χ1) is 9.11. The number of aryl methyl sites for hydroxylation is 2. The molecule has 3 heteroatoms. The SMILES string of the molecule is COc1ccc(Br)c(COc2c(C)cccc2C)c1. The molecular weight excluding hydrogens is 304 g/mol. The molecule has 0 aliphatic heterocycles. The zero-order valence-corrected chi connectivity index (χ0v) is 13.0. The minimum absolute atomic E-state index is 0.517. The van der Waals surface area contributed by atoms with Crippen molar-refractivity contribution >= 4 is 15.9 Å². The summed E-state index contributed by atoms with van der Waals surface area (Å²) in [6.07, 6.45) is 0. The first-order valence-electron chi connectivity index (χ1n) is 6.13. The number of halogens is 1. The fraction of sp³-hybridized carbons (Fsp3) is 0.250. The number of hydrogen-bond acceptors (Lipinski definition) is 2. The summed E-state index contributed by atoms with van der Waals surface area (Å²) < 4.78 is 12.2. The number of hydrogen-bond donors (Lipinski definition) is 0. The van der Waals surface area contributed by atoms with Crippen LogP contribution >= 0.6 is 15.9 Å². The van der Waals surface area contributed by atoms with E-state index in [2.05, 4.69) is 41.9 Å². The molecular formula is C16H17BrO2. The van der Waals surface area contributed by atoms with Gasteiger partial charge in [0.15, 0.2) is 0 Å². The average molecular weight is 321 g/mol. The van der Waals surface area contributed by atoms with E-state index in [4.69, 9.17) is 9.47 Å². The summed E-state index contributed by atoms with van der Waals surface area (Å²) in [4.78, 5) is 0. The lowest BCUT2D eigenvalue weighted by molar-refractivity contribution is 0.300. The molecule has 2 aromatic carbocycles. The quantitative estimate of drug-likeness (QED) is 0.816. The summed E-state index contributed by atoms with van der Waals surface area (Å²) in [7, 11) is 1.67. The van der Waals surface area contributed by atoms with E-state index < -0.39 is 0 Å². The lowest BCUT2D eigenvalue weighted by atomic mass is 10.1. The van der Waals surface area contributed by atoms with Gasteiger partial charge < -0.3 is 9.47 Å². The molecule has 0 saturated heterocycles. The lowest BCUT2D eigenvalue weighted by Crippen LogP contribution is -2.00. The first kappa shape index (κ1) is 13.9. The van der Waals surface area contributed by atoms with Gasteiger partial charge in [0.25, 0.3) is 0 Å². The van der Waals surface area contributed by atoms with Crippen molar-refractivity contribution in [2.75, 3.05) is 7.11 Å². The second-order valence-corrected chi connectivity index (χ2v) is 5.32. The zero-order valence-electron chi connectivity index (χ0n) is 11.4. The van der Waals surface area contributed by atoms with Crippen molar-refractivity contribution in [2.45, 2.75) is 20.5 Å². The fourth-order valence-electron chi connectivity index (χ4n) is 1.97. The highest BCUT2D eigenvalue weighted by atomic mass is 79.9. The summed E-state index contributed by atoms with van der Waals surface area (Å²) in [5.74, 6) is 1.79. The van der Waals surface area contributed by atoms with Gasteiger partial charge in [-0.15, -0.1) is 0 Å². The second-order valence-electron chi connectivity index (χ2n) is 4.47. The number of rotatable bonds is 4. The highest BCUT2D eigenvalue weighted by Gasteiger charge is 2.06. The van der Waals surface area contributed by atoms with Gasteiger partial charge in [0, 0.05) is 10.0 Å². The minimum atomic E-state index is 0.517. The van der Waals surface area contributed by atoms with Gasteiger partial charge in [0.05, 0.1) is 7.11 Å². The molecule has 0 aliphatic carbocycles. The molecule has 2 aromatic rings. The smallest absolute Gasteiger partial charge is 0.125 e. The Hall–Kier alpha value is -1.48.